The van der Waals surface area contributed by atoms with Crippen molar-refractivity contribution in [3.63, 3.8) is 0 Å². The van der Waals surface area contributed by atoms with Gasteiger partial charge in [-0.25, -0.2) is 0 Å². The molecule has 0 atom stereocenters. The Bertz CT molecular complexity index is 1310. The molecule has 5 heteroatoms. The van der Waals surface area contributed by atoms with Gasteiger partial charge in [-0.1, -0.05) is 61.5 Å². The number of ketones is 1. The zero-order valence-electron chi connectivity index (χ0n) is 16.4. The maximum absolute atomic E-state index is 13.0. The summed E-state index contributed by atoms with van der Waals surface area (Å²) in [5.41, 5.74) is 3.12. The average Bonchev–Trinajstić information content (AvgIpc) is 2.78. The van der Waals surface area contributed by atoms with Crippen LogP contribution in [0.4, 0.5) is 5.69 Å². The summed E-state index contributed by atoms with van der Waals surface area (Å²) in [4.78, 5) is 40.5. The first-order valence-corrected chi connectivity index (χ1v) is 9.73. The lowest BCUT2D eigenvalue weighted by molar-refractivity contribution is 0.0996. The molecule has 0 aliphatic carbocycles. The Morgan fingerprint density at radius 1 is 0.867 bits per heavy atom. The molecule has 1 amide bonds. The van der Waals surface area contributed by atoms with E-state index in [1.807, 2.05) is 19.1 Å². The third kappa shape index (κ3) is 3.78. The molecule has 1 aromatic heterocycles. The summed E-state index contributed by atoms with van der Waals surface area (Å²) in [5.74, 6) is -0.597. The van der Waals surface area contributed by atoms with Gasteiger partial charge in [0.15, 0.2) is 5.78 Å². The van der Waals surface area contributed by atoms with Gasteiger partial charge >= 0.3 is 0 Å². The van der Waals surface area contributed by atoms with Crippen molar-refractivity contribution in [2.45, 2.75) is 13.3 Å². The number of aryl methyl sites for hydroxylation is 1. The number of hydrogen-bond donors (Lipinski definition) is 2. The van der Waals surface area contributed by atoms with Gasteiger partial charge in [-0.05, 0) is 30.2 Å². The molecule has 0 radical (unpaired) electrons. The summed E-state index contributed by atoms with van der Waals surface area (Å²) in [7, 11) is 0. The molecular weight excluding hydrogens is 376 g/mol. The maximum Gasteiger partial charge on any atom is 0.256 e. The fourth-order valence-corrected chi connectivity index (χ4v) is 3.53. The molecule has 0 spiro atoms. The van der Waals surface area contributed by atoms with E-state index in [-0.39, 0.29) is 17.2 Å². The van der Waals surface area contributed by atoms with E-state index in [0.29, 0.717) is 27.9 Å². The van der Waals surface area contributed by atoms with E-state index in [2.05, 4.69) is 10.3 Å². The third-order valence-electron chi connectivity index (χ3n) is 5.02. The molecule has 148 valence electrons. The quantitative estimate of drug-likeness (QED) is 0.485. The first-order chi connectivity index (χ1) is 14.6. The number of amides is 1. The van der Waals surface area contributed by atoms with Crippen molar-refractivity contribution >= 4 is 28.3 Å². The highest BCUT2D eigenvalue weighted by Gasteiger charge is 2.18. The molecule has 5 nitrogen and oxygen atoms in total. The van der Waals surface area contributed by atoms with Crippen molar-refractivity contribution in [2.24, 2.45) is 0 Å². The van der Waals surface area contributed by atoms with Gasteiger partial charge in [0, 0.05) is 28.3 Å². The summed E-state index contributed by atoms with van der Waals surface area (Å²) >= 11 is 0. The number of aromatic nitrogens is 1. The summed E-state index contributed by atoms with van der Waals surface area (Å²) in [6.07, 6.45) is 0.737. The highest BCUT2D eigenvalue weighted by atomic mass is 16.2. The second kappa shape index (κ2) is 8.17. The Morgan fingerprint density at radius 3 is 2.30 bits per heavy atom. The fourth-order valence-electron chi connectivity index (χ4n) is 3.53. The summed E-state index contributed by atoms with van der Waals surface area (Å²) in [6, 6.07) is 22.6. The van der Waals surface area contributed by atoms with Crippen LogP contribution in [0.5, 0.6) is 0 Å². The normalized spacial score (nSPS) is 10.7. The van der Waals surface area contributed by atoms with Gasteiger partial charge in [-0.2, -0.15) is 0 Å². The Labute approximate surface area is 173 Å². The second-order valence-electron chi connectivity index (χ2n) is 6.97. The fraction of sp³-hybridized carbons (Fsp3) is 0.0800. The van der Waals surface area contributed by atoms with E-state index in [4.69, 9.17) is 0 Å². The number of aromatic amines is 1. The molecule has 0 saturated heterocycles. The van der Waals surface area contributed by atoms with Gasteiger partial charge in [0.1, 0.15) is 0 Å². The number of pyridine rings is 1. The van der Waals surface area contributed by atoms with Gasteiger partial charge in [0.25, 0.3) is 5.91 Å². The van der Waals surface area contributed by atoms with E-state index in [0.717, 1.165) is 17.4 Å². The minimum Gasteiger partial charge on any atom is -0.322 e. The van der Waals surface area contributed by atoms with Crippen LogP contribution in [0.3, 0.4) is 0 Å². The highest BCUT2D eigenvalue weighted by molar-refractivity contribution is 6.17. The van der Waals surface area contributed by atoms with E-state index in [1.54, 1.807) is 66.7 Å². The monoisotopic (exact) mass is 396 g/mol. The summed E-state index contributed by atoms with van der Waals surface area (Å²) < 4.78 is 0. The first-order valence-electron chi connectivity index (χ1n) is 9.73. The van der Waals surface area contributed by atoms with Gasteiger partial charge in [0.05, 0.1) is 11.1 Å². The molecule has 30 heavy (non-hydrogen) atoms. The van der Waals surface area contributed by atoms with Gasteiger partial charge in [-0.15, -0.1) is 0 Å². The minimum atomic E-state index is -0.386. The standard InChI is InChI=1S/C25H20N2O3/c1-2-16-14-23(28)27-22-15-18(12-13-19(16)22)26-25(30)21-11-7-6-10-20(21)24(29)17-8-4-3-5-9-17/h3-15H,2H2,1H3,(H,26,30)(H,27,28). The molecule has 0 unspecified atom stereocenters. The van der Waals surface area contributed by atoms with Crippen LogP contribution in [0.25, 0.3) is 10.9 Å². The Hall–Kier alpha value is -3.99. The molecule has 0 bridgehead atoms. The predicted octanol–water partition coefficient (Wildman–Crippen LogP) is 4.57. The largest absolute Gasteiger partial charge is 0.322 e. The van der Waals surface area contributed by atoms with Crippen molar-refractivity contribution in [1.82, 2.24) is 4.98 Å². The van der Waals surface area contributed by atoms with Crippen molar-refractivity contribution in [2.75, 3.05) is 5.32 Å². The lowest BCUT2D eigenvalue weighted by atomic mass is 9.98. The van der Waals surface area contributed by atoms with Gasteiger partial charge in [-0.3, -0.25) is 14.4 Å². The van der Waals surface area contributed by atoms with Crippen LogP contribution in [-0.4, -0.2) is 16.7 Å². The molecule has 0 aliphatic heterocycles. The molecule has 4 aromatic rings. The van der Waals surface area contributed by atoms with Crippen LogP contribution < -0.4 is 10.9 Å². The predicted molar refractivity (Wildman–Crippen MR) is 118 cm³/mol. The van der Waals surface area contributed by atoms with Crippen LogP contribution in [0.2, 0.25) is 0 Å². The number of hydrogen-bond acceptors (Lipinski definition) is 3. The molecule has 0 fully saturated rings. The Morgan fingerprint density at radius 2 is 1.57 bits per heavy atom. The SMILES string of the molecule is CCc1cc(=O)[nH]c2cc(NC(=O)c3ccccc3C(=O)c3ccccc3)ccc12. The van der Waals surface area contributed by atoms with E-state index in [1.165, 1.54) is 0 Å². The second-order valence-corrected chi connectivity index (χ2v) is 6.97. The van der Waals surface area contributed by atoms with Crippen molar-refractivity contribution in [3.8, 4) is 0 Å². The first kappa shape index (κ1) is 19.3. The Kier molecular flexibility index (Phi) is 5.26. The molecular formula is C25H20N2O3. The molecule has 4 rings (SSSR count). The lowest BCUT2D eigenvalue weighted by Gasteiger charge is -2.11. The van der Waals surface area contributed by atoms with Crippen LogP contribution in [0.15, 0.2) is 83.7 Å². The summed E-state index contributed by atoms with van der Waals surface area (Å²) in [5, 5.41) is 3.78. The number of H-pyrrole nitrogens is 1. The number of carbonyl (C=O) groups is 2. The number of benzene rings is 3. The number of anilines is 1. The average molecular weight is 396 g/mol. The maximum atomic E-state index is 13.0. The number of rotatable bonds is 5. The number of fused-ring (bicyclic) bond motifs is 1. The van der Waals surface area contributed by atoms with Crippen molar-refractivity contribution in [3.05, 3.63) is 111 Å². The van der Waals surface area contributed by atoms with E-state index >= 15 is 0 Å². The van der Waals surface area contributed by atoms with Crippen LogP contribution >= 0.6 is 0 Å². The number of nitrogens with one attached hydrogen (secondary N) is 2. The molecule has 1 heterocycles. The van der Waals surface area contributed by atoms with E-state index < -0.39 is 0 Å². The Balaban J connectivity index is 1.67. The summed E-state index contributed by atoms with van der Waals surface area (Å²) in [6.45, 7) is 1.99. The van der Waals surface area contributed by atoms with Crippen molar-refractivity contribution < 1.29 is 9.59 Å². The van der Waals surface area contributed by atoms with Crippen LogP contribution in [0.1, 0.15) is 38.8 Å². The number of carbonyl (C=O) groups excluding carboxylic acids is 2. The zero-order chi connectivity index (χ0) is 21.1. The van der Waals surface area contributed by atoms with Gasteiger partial charge in [0.2, 0.25) is 5.56 Å². The molecule has 0 aliphatic rings. The van der Waals surface area contributed by atoms with Crippen LogP contribution in [0, 0.1) is 0 Å². The molecule has 0 saturated carbocycles. The smallest absolute Gasteiger partial charge is 0.256 e. The molecule has 3 aromatic carbocycles. The van der Waals surface area contributed by atoms with Crippen LogP contribution in [-0.2, 0) is 6.42 Å². The van der Waals surface area contributed by atoms with Gasteiger partial charge < -0.3 is 10.3 Å². The topological polar surface area (TPSA) is 79.0 Å². The molecule has 2 N–H and O–H groups in total. The van der Waals surface area contributed by atoms with E-state index in [9.17, 15) is 14.4 Å². The zero-order valence-corrected chi connectivity index (χ0v) is 16.4. The minimum absolute atomic E-state index is 0.179. The highest BCUT2D eigenvalue weighted by Crippen LogP contribution is 2.22. The van der Waals surface area contributed by atoms with Crippen molar-refractivity contribution in [1.29, 1.82) is 0 Å². The third-order valence-corrected chi connectivity index (χ3v) is 5.02. The lowest BCUT2D eigenvalue weighted by Crippen LogP contribution is -2.17.